The quantitative estimate of drug-likeness (QED) is 0.534. The number of nitrogens with one attached hydrogen (secondary N) is 2. The van der Waals surface area contributed by atoms with Crippen LogP contribution in [0.2, 0.25) is 0 Å². The van der Waals surface area contributed by atoms with Crippen LogP contribution < -0.4 is 15.5 Å². The minimum Gasteiger partial charge on any atom is -0.367 e. The number of benzene rings is 1. The second-order valence-corrected chi connectivity index (χ2v) is 7.86. The summed E-state index contributed by atoms with van der Waals surface area (Å²) >= 11 is 0. The van der Waals surface area contributed by atoms with Crippen molar-refractivity contribution in [2.45, 2.75) is 39.8 Å². The Labute approximate surface area is 178 Å². The summed E-state index contributed by atoms with van der Waals surface area (Å²) in [5.74, 6) is 1.52. The Morgan fingerprint density at radius 2 is 1.90 bits per heavy atom. The third kappa shape index (κ3) is 5.72. The maximum Gasteiger partial charge on any atom is 0.191 e. The van der Waals surface area contributed by atoms with Crippen LogP contribution in [-0.2, 0) is 13.1 Å². The highest BCUT2D eigenvalue weighted by Gasteiger charge is 2.18. The Hall–Kier alpha value is -2.61. The SMILES string of the molecule is CCN1CCN(c2ccc(CNC(=NC)NCc3cc(C(C)C)no3)cc2F)CC1. The van der Waals surface area contributed by atoms with Crippen LogP contribution in [0, 0.1) is 5.82 Å². The normalized spacial score (nSPS) is 15.7. The zero-order valence-corrected chi connectivity index (χ0v) is 18.4. The number of piperazine rings is 1. The second-order valence-electron chi connectivity index (χ2n) is 7.86. The fraction of sp³-hybridized carbons (Fsp3) is 0.545. The van der Waals surface area contributed by atoms with Gasteiger partial charge in [0.05, 0.1) is 17.9 Å². The third-order valence-corrected chi connectivity index (χ3v) is 5.45. The molecule has 0 unspecified atom stereocenters. The summed E-state index contributed by atoms with van der Waals surface area (Å²) in [7, 11) is 1.70. The smallest absolute Gasteiger partial charge is 0.191 e. The van der Waals surface area contributed by atoms with E-state index in [-0.39, 0.29) is 5.82 Å². The van der Waals surface area contributed by atoms with Gasteiger partial charge in [-0.15, -0.1) is 0 Å². The van der Waals surface area contributed by atoms with Crippen molar-refractivity contribution in [3.8, 4) is 0 Å². The van der Waals surface area contributed by atoms with E-state index in [1.54, 1.807) is 13.1 Å². The molecule has 2 N–H and O–H groups in total. The van der Waals surface area contributed by atoms with E-state index in [0.29, 0.717) is 30.7 Å². The number of anilines is 1. The molecule has 7 nitrogen and oxygen atoms in total. The van der Waals surface area contributed by atoms with Crippen molar-refractivity contribution >= 4 is 11.6 Å². The zero-order valence-electron chi connectivity index (χ0n) is 18.4. The molecule has 8 heteroatoms. The van der Waals surface area contributed by atoms with Crippen molar-refractivity contribution in [3.63, 3.8) is 0 Å². The second kappa shape index (κ2) is 10.4. The first-order chi connectivity index (χ1) is 14.5. The number of aromatic nitrogens is 1. The van der Waals surface area contributed by atoms with Gasteiger partial charge in [-0.05, 0) is 30.2 Å². The van der Waals surface area contributed by atoms with Gasteiger partial charge in [-0.2, -0.15) is 0 Å². The van der Waals surface area contributed by atoms with Crippen molar-refractivity contribution in [2.24, 2.45) is 4.99 Å². The van der Waals surface area contributed by atoms with E-state index in [2.05, 4.69) is 51.4 Å². The molecule has 3 rings (SSSR count). The molecule has 0 bridgehead atoms. The van der Waals surface area contributed by atoms with Crippen LogP contribution in [0.15, 0.2) is 33.8 Å². The lowest BCUT2D eigenvalue weighted by atomic mass is 10.1. The number of aliphatic imine (C=N–C) groups is 1. The van der Waals surface area contributed by atoms with Gasteiger partial charge in [0.1, 0.15) is 5.82 Å². The Balaban J connectivity index is 1.51. The van der Waals surface area contributed by atoms with Crippen LogP contribution in [0.3, 0.4) is 0 Å². The molecular weight excluding hydrogens is 383 g/mol. The highest BCUT2D eigenvalue weighted by Crippen LogP contribution is 2.22. The predicted octanol–water partition coefficient (Wildman–Crippen LogP) is 2.94. The van der Waals surface area contributed by atoms with Gasteiger partial charge in [-0.1, -0.05) is 32.0 Å². The van der Waals surface area contributed by atoms with Crippen molar-refractivity contribution in [1.29, 1.82) is 0 Å². The van der Waals surface area contributed by atoms with Crippen LogP contribution in [-0.4, -0.2) is 55.8 Å². The molecular formula is C22H33FN6O. The van der Waals surface area contributed by atoms with E-state index in [0.717, 1.165) is 49.7 Å². The number of likely N-dealkylation sites (N-methyl/N-ethyl adjacent to an activating group) is 1. The van der Waals surface area contributed by atoms with Crippen molar-refractivity contribution in [2.75, 3.05) is 44.7 Å². The highest BCUT2D eigenvalue weighted by molar-refractivity contribution is 5.79. The van der Waals surface area contributed by atoms with E-state index < -0.39 is 0 Å². The molecule has 1 saturated heterocycles. The molecule has 0 spiro atoms. The monoisotopic (exact) mass is 416 g/mol. The molecule has 0 aliphatic carbocycles. The van der Waals surface area contributed by atoms with Crippen LogP contribution in [0.4, 0.5) is 10.1 Å². The summed E-state index contributed by atoms with van der Waals surface area (Å²) in [6.07, 6.45) is 0. The van der Waals surface area contributed by atoms with Crippen molar-refractivity contribution in [1.82, 2.24) is 20.7 Å². The molecule has 0 amide bonds. The first-order valence-electron chi connectivity index (χ1n) is 10.7. The van der Waals surface area contributed by atoms with Gasteiger partial charge in [0.15, 0.2) is 11.7 Å². The largest absolute Gasteiger partial charge is 0.367 e. The number of halogens is 1. The lowest BCUT2D eigenvalue weighted by Crippen LogP contribution is -2.46. The zero-order chi connectivity index (χ0) is 21.5. The van der Waals surface area contributed by atoms with E-state index in [1.807, 2.05) is 18.2 Å². The van der Waals surface area contributed by atoms with Gasteiger partial charge >= 0.3 is 0 Å². The molecule has 2 heterocycles. The Morgan fingerprint density at radius 1 is 1.17 bits per heavy atom. The summed E-state index contributed by atoms with van der Waals surface area (Å²) in [4.78, 5) is 8.72. The molecule has 0 saturated carbocycles. The lowest BCUT2D eigenvalue weighted by Gasteiger charge is -2.35. The Kier molecular flexibility index (Phi) is 7.68. The molecule has 1 aliphatic heterocycles. The van der Waals surface area contributed by atoms with E-state index in [9.17, 15) is 4.39 Å². The third-order valence-electron chi connectivity index (χ3n) is 5.45. The summed E-state index contributed by atoms with van der Waals surface area (Å²) in [6, 6.07) is 7.40. The first-order valence-corrected chi connectivity index (χ1v) is 10.7. The average Bonchev–Trinajstić information content (AvgIpc) is 3.23. The molecule has 1 aliphatic rings. The summed E-state index contributed by atoms with van der Waals surface area (Å²) in [5.41, 5.74) is 2.48. The van der Waals surface area contributed by atoms with Gasteiger partial charge < -0.3 is 25.0 Å². The van der Waals surface area contributed by atoms with Crippen LogP contribution in [0.25, 0.3) is 0 Å². The molecule has 0 radical (unpaired) electrons. The lowest BCUT2D eigenvalue weighted by molar-refractivity contribution is 0.270. The summed E-state index contributed by atoms with van der Waals surface area (Å²) in [5, 5.41) is 10.5. The highest BCUT2D eigenvalue weighted by atomic mass is 19.1. The van der Waals surface area contributed by atoms with E-state index in [1.165, 1.54) is 0 Å². The van der Waals surface area contributed by atoms with Crippen LogP contribution in [0.5, 0.6) is 0 Å². The van der Waals surface area contributed by atoms with Gasteiger partial charge in [0.2, 0.25) is 0 Å². The summed E-state index contributed by atoms with van der Waals surface area (Å²) in [6.45, 7) is 12.0. The summed E-state index contributed by atoms with van der Waals surface area (Å²) < 4.78 is 20.0. The van der Waals surface area contributed by atoms with E-state index >= 15 is 0 Å². The van der Waals surface area contributed by atoms with Crippen LogP contribution >= 0.6 is 0 Å². The van der Waals surface area contributed by atoms with Crippen LogP contribution in [0.1, 0.15) is 43.7 Å². The fourth-order valence-electron chi connectivity index (χ4n) is 3.48. The Morgan fingerprint density at radius 3 is 2.50 bits per heavy atom. The number of nitrogens with zero attached hydrogens (tertiary/aromatic N) is 4. The van der Waals surface area contributed by atoms with Gasteiger partial charge in [-0.3, -0.25) is 4.99 Å². The standard InChI is InChI=1S/C22H33FN6O/c1-5-28-8-10-29(11-9-28)21-7-6-17(12-19(21)23)14-25-22(24-4)26-15-18-13-20(16(2)3)27-30-18/h6-7,12-13,16H,5,8-11,14-15H2,1-4H3,(H2,24,25,26). The van der Waals surface area contributed by atoms with Gasteiger partial charge in [0, 0.05) is 45.8 Å². The van der Waals surface area contributed by atoms with Crippen molar-refractivity contribution in [3.05, 3.63) is 47.1 Å². The maximum atomic E-state index is 14.7. The molecule has 30 heavy (non-hydrogen) atoms. The molecule has 1 fully saturated rings. The van der Waals surface area contributed by atoms with Gasteiger partial charge in [0.25, 0.3) is 0 Å². The number of guanidine groups is 1. The number of hydrogen-bond donors (Lipinski definition) is 2. The molecule has 2 aromatic rings. The minimum absolute atomic E-state index is 0.176. The molecule has 1 aromatic heterocycles. The number of hydrogen-bond acceptors (Lipinski definition) is 5. The molecule has 164 valence electrons. The number of rotatable bonds is 7. The fourth-order valence-corrected chi connectivity index (χ4v) is 3.48. The van der Waals surface area contributed by atoms with Gasteiger partial charge in [-0.25, -0.2) is 4.39 Å². The Bertz CT molecular complexity index is 842. The van der Waals surface area contributed by atoms with E-state index in [4.69, 9.17) is 4.52 Å². The minimum atomic E-state index is -0.176. The molecule has 0 atom stereocenters. The predicted molar refractivity (Wildman–Crippen MR) is 118 cm³/mol. The molecule has 1 aromatic carbocycles. The first kappa shape index (κ1) is 22.1. The average molecular weight is 417 g/mol. The maximum absolute atomic E-state index is 14.7. The van der Waals surface area contributed by atoms with Crippen molar-refractivity contribution < 1.29 is 8.91 Å². The topological polar surface area (TPSA) is 68.9 Å².